The summed E-state index contributed by atoms with van der Waals surface area (Å²) in [4.78, 5) is 62.4. The van der Waals surface area contributed by atoms with Crippen molar-refractivity contribution in [1.29, 1.82) is 5.26 Å². The van der Waals surface area contributed by atoms with Crippen LogP contribution < -0.4 is 20.7 Å². The summed E-state index contributed by atoms with van der Waals surface area (Å²) in [6.45, 7) is 23.2. The number of thiophene rings is 1. The molecule has 0 saturated carbocycles. The van der Waals surface area contributed by atoms with E-state index in [0.717, 1.165) is 22.5 Å². The second kappa shape index (κ2) is 26.3. The molecule has 2 atom stereocenters. The van der Waals surface area contributed by atoms with Crippen molar-refractivity contribution < 1.29 is 62.2 Å². The number of esters is 2. The van der Waals surface area contributed by atoms with E-state index >= 15 is 0 Å². The van der Waals surface area contributed by atoms with Crippen LogP contribution in [0.2, 0.25) is 0 Å². The summed E-state index contributed by atoms with van der Waals surface area (Å²) in [6.07, 6.45) is -0.927. The van der Waals surface area contributed by atoms with Gasteiger partial charge in [-0.05, 0) is 131 Å². The first-order valence-electron chi connectivity index (χ1n) is 21.5. The van der Waals surface area contributed by atoms with Gasteiger partial charge in [0.05, 0.1) is 31.3 Å². The largest absolute Gasteiger partial charge is 0.508 e. The molecule has 0 aliphatic carbocycles. The fraction of sp³-hybridized carbons (Fsp3) is 0.542. The maximum absolute atomic E-state index is 12.8. The number of phenols is 1. The van der Waals surface area contributed by atoms with E-state index in [-0.39, 0.29) is 24.5 Å². The molecule has 4 N–H and O–H groups in total. The number of benzene rings is 2. The monoisotopic (exact) mass is 940 g/mol. The van der Waals surface area contributed by atoms with Crippen molar-refractivity contribution in [2.24, 2.45) is 0 Å². The van der Waals surface area contributed by atoms with E-state index in [0.29, 0.717) is 55.1 Å². The van der Waals surface area contributed by atoms with Crippen molar-refractivity contribution in [3.8, 4) is 17.6 Å². The van der Waals surface area contributed by atoms with Crippen LogP contribution in [0.5, 0.6) is 11.5 Å². The number of phenolic OH excluding ortho intramolecular Hbond substituents is 1. The first kappa shape index (κ1) is 56.2. The lowest BCUT2D eigenvalue weighted by Gasteiger charge is -2.26. The third-order valence-electron chi connectivity index (χ3n) is 7.84. The molecule has 0 aliphatic heterocycles. The van der Waals surface area contributed by atoms with Crippen LogP contribution in [-0.2, 0) is 50.9 Å². The molecule has 364 valence electrons. The summed E-state index contributed by atoms with van der Waals surface area (Å²) in [7, 11) is 0. The molecule has 1 aromatic heterocycles. The van der Waals surface area contributed by atoms with E-state index < -0.39 is 58.6 Å². The molecule has 3 aromatic rings. The Balaban J connectivity index is 0.000000528. The number of carbonyl (C=O) groups excluding carboxylic acids is 5. The number of nitrogens with one attached hydrogen (secondary N) is 3. The molecule has 1 heterocycles. The van der Waals surface area contributed by atoms with Gasteiger partial charge in [0.15, 0.2) is 0 Å². The fourth-order valence-electron chi connectivity index (χ4n) is 5.24. The van der Waals surface area contributed by atoms with Crippen LogP contribution in [-0.4, -0.2) is 109 Å². The van der Waals surface area contributed by atoms with Crippen molar-refractivity contribution in [1.82, 2.24) is 16.0 Å². The average Bonchev–Trinajstić information content (AvgIpc) is 3.67. The highest BCUT2D eigenvalue weighted by molar-refractivity contribution is 7.14. The number of hydrogen-bond donors (Lipinski definition) is 4. The van der Waals surface area contributed by atoms with E-state index in [4.69, 9.17) is 38.4 Å². The minimum Gasteiger partial charge on any atom is -0.508 e. The Morgan fingerprint density at radius 3 is 1.44 bits per heavy atom. The Morgan fingerprint density at radius 2 is 1.02 bits per heavy atom. The van der Waals surface area contributed by atoms with Crippen LogP contribution in [0.1, 0.15) is 109 Å². The first-order chi connectivity index (χ1) is 30.6. The highest BCUT2D eigenvalue weighted by atomic mass is 32.1. The summed E-state index contributed by atoms with van der Waals surface area (Å²) in [5, 5.41) is 26.1. The summed E-state index contributed by atoms with van der Waals surface area (Å²) in [5.74, 6) is -0.551. The molecule has 0 spiro atoms. The molecule has 0 bridgehead atoms. The second-order valence-electron chi connectivity index (χ2n) is 18.8. The highest BCUT2D eigenvalue weighted by Crippen LogP contribution is 2.19. The molecule has 0 unspecified atom stereocenters. The zero-order chi connectivity index (χ0) is 49.7. The Labute approximate surface area is 392 Å². The molecule has 17 nitrogen and oxygen atoms in total. The van der Waals surface area contributed by atoms with Gasteiger partial charge in [-0.1, -0.05) is 24.3 Å². The standard InChI is InChI=1S/C30H41N3O8S.C18H27NO5/c1-29(2,3)40-27(35)24(33-28(36)41-30(4,5)6)19-21-7-9-22(10-8-21)39-18-17-38-16-15-37-14-13-32-26(34)25-12-11-23(20-31)42-25;1-17(2,3)23-15(21)14(19-16(22)24-18(4,5)6)11-12-7-9-13(20)10-8-12/h7-12,24H,13-19H2,1-6H3,(H,32,34)(H,33,36);7-10,14,20H,11H2,1-6H3,(H,19,22)/t24-;14-/m00/s1. The van der Waals surface area contributed by atoms with Gasteiger partial charge in [0, 0.05) is 19.4 Å². The number of nitriles is 1. The van der Waals surface area contributed by atoms with Crippen LogP contribution in [0, 0.1) is 11.3 Å². The SMILES string of the molecule is CC(C)(C)OC(=O)N[C@@H](Cc1ccc(O)cc1)C(=O)OC(C)(C)C.CC(C)(C)OC(=O)N[C@@H](Cc1ccc(OCCOCCOCCNC(=O)c2ccc(C#N)s2)cc1)C(=O)OC(C)(C)C. The zero-order valence-electron chi connectivity index (χ0n) is 40.3. The van der Waals surface area contributed by atoms with Crippen LogP contribution in [0.3, 0.4) is 0 Å². The van der Waals surface area contributed by atoms with Gasteiger partial charge in [0.25, 0.3) is 5.91 Å². The quantitative estimate of drug-likeness (QED) is 0.0521. The average molecular weight is 941 g/mol. The summed E-state index contributed by atoms with van der Waals surface area (Å²) in [5.41, 5.74) is -1.15. The van der Waals surface area contributed by atoms with Gasteiger partial charge < -0.3 is 54.2 Å². The lowest BCUT2D eigenvalue weighted by atomic mass is 10.1. The Morgan fingerprint density at radius 1 is 0.591 bits per heavy atom. The van der Waals surface area contributed by atoms with E-state index in [9.17, 15) is 29.1 Å². The lowest BCUT2D eigenvalue weighted by Crippen LogP contribution is -2.47. The number of amides is 3. The van der Waals surface area contributed by atoms with E-state index in [1.165, 1.54) is 12.1 Å². The number of nitrogens with zero attached hydrogens (tertiary/aromatic N) is 1. The molecule has 0 radical (unpaired) electrons. The molecular formula is C48H68N4O13S. The molecular weight excluding hydrogens is 873 g/mol. The van der Waals surface area contributed by atoms with Crippen molar-refractivity contribution in [3.05, 3.63) is 81.5 Å². The number of alkyl carbamates (subject to hydrolysis) is 2. The van der Waals surface area contributed by atoms with Gasteiger partial charge in [0.2, 0.25) is 0 Å². The minimum atomic E-state index is -0.920. The molecule has 3 amide bonds. The summed E-state index contributed by atoms with van der Waals surface area (Å²) in [6, 6.07) is 17.0. The zero-order valence-corrected chi connectivity index (χ0v) is 41.1. The Bertz CT molecular complexity index is 2040. The third kappa shape index (κ3) is 25.6. The maximum Gasteiger partial charge on any atom is 0.408 e. The summed E-state index contributed by atoms with van der Waals surface area (Å²) < 4.78 is 38.0. The van der Waals surface area contributed by atoms with Gasteiger partial charge in [-0.2, -0.15) is 5.26 Å². The topological polar surface area (TPSA) is 230 Å². The number of hydrogen-bond acceptors (Lipinski definition) is 15. The normalized spacial score (nSPS) is 12.5. The molecule has 18 heteroatoms. The van der Waals surface area contributed by atoms with Crippen molar-refractivity contribution in [2.45, 2.75) is 130 Å². The van der Waals surface area contributed by atoms with Crippen molar-refractivity contribution >= 4 is 41.4 Å². The fourth-order valence-corrected chi connectivity index (χ4v) is 5.96. The molecule has 3 rings (SSSR count). The molecule has 0 aliphatic rings. The number of carbonyl (C=O) groups is 5. The lowest BCUT2D eigenvalue weighted by molar-refractivity contribution is -0.158. The third-order valence-corrected chi connectivity index (χ3v) is 8.83. The maximum atomic E-state index is 12.8. The number of rotatable bonds is 19. The van der Waals surface area contributed by atoms with E-state index in [1.54, 1.807) is 119 Å². The number of aromatic hydroxyl groups is 1. The van der Waals surface area contributed by atoms with E-state index in [1.807, 2.05) is 18.2 Å². The number of ether oxygens (including phenoxy) is 7. The molecule has 0 fully saturated rings. The van der Waals surface area contributed by atoms with Crippen molar-refractivity contribution in [3.63, 3.8) is 0 Å². The van der Waals surface area contributed by atoms with Gasteiger partial charge in [0.1, 0.15) is 63.5 Å². The van der Waals surface area contributed by atoms with Crippen LogP contribution >= 0.6 is 11.3 Å². The van der Waals surface area contributed by atoms with Crippen LogP contribution in [0.25, 0.3) is 0 Å². The van der Waals surface area contributed by atoms with Gasteiger partial charge in [-0.3, -0.25) is 4.79 Å². The van der Waals surface area contributed by atoms with Crippen molar-refractivity contribution in [2.75, 3.05) is 39.6 Å². The van der Waals surface area contributed by atoms with Crippen LogP contribution in [0.15, 0.2) is 60.7 Å². The molecule has 2 aromatic carbocycles. The minimum absolute atomic E-state index is 0.132. The van der Waals surface area contributed by atoms with Gasteiger partial charge in [-0.15, -0.1) is 11.3 Å². The second-order valence-corrected chi connectivity index (χ2v) is 19.9. The smallest absolute Gasteiger partial charge is 0.408 e. The van der Waals surface area contributed by atoms with Gasteiger partial charge >= 0.3 is 24.1 Å². The van der Waals surface area contributed by atoms with Gasteiger partial charge in [-0.25, -0.2) is 19.2 Å². The first-order valence-corrected chi connectivity index (χ1v) is 22.3. The Hall–Kier alpha value is -5.90. The molecule has 66 heavy (non-hydrogen) atoms. The summed E-state index contributed by atoms with van der Waals surface area (Å²) >= 11 is 1.15. The van der Waals surface area contributed by atoms with Crippen LogP contribution in [0.4, 0.5) is 9.59 Å². The predicted octanol–water partition coefficient (Wildman–Crippen LogP) is 7.41. The Kier molecular flexibility index (Phi) is 22.4. The van der Waals surface area contributed by atoms with E-state index in [2.05, 4.69) is 16.0 Å². The predicted molar refractivity (Wildman–Crippen MR) is 248 cm³/mol. The highest BCUT2D eigenvalue weighted by Gasteiger charge is 2.30. The molecule has 0 saturated heterocycles.